The van der Waals surface area contributed by atoms with Crippen LogP contribution in [-0.4, -0.2) is 29.9 Å². The maximum absolute atomic E-state index is 12.7. The van der Waals surface area contributed by atoms with E-state index in [1.54, 1.807) is 12.1 Å². The van der Waals surface area contributed by atoms with Crippen molar-refractivity contribution in [3.05, 3.63) is 33.3 Å². The number of nitrogens with two attached hydrogens (primary N) is 1. The van der Waals surface area contributed by atoms with E-state index in [0.717, 1.165) is 30.3 Å². The number of halogens is 2. The number of hydrogen-bond acceptors (Lipinski definition) is 2. The molecule has 0 aromatic heterocycles. The summed E-state index contributed by atoms with van der Waals surface area (Å²) in [6.07, 6.45) is 3.19. The number of carbonyl (C=O) groups excluding carboxylic acids is 1. The summed E-state index contributed by atoms with van der Waals surface area (Å²) in [5.41, 5.74) is 6.41. The zero-order chi connectivity index (χ0) is 14.7. The summed E-state index contributed by atoms with van der Waals surface area (Å²) >= 11 is 9.55. The minimum absolute atomic E-state index is 0.0127. The van der Waals surface area contributed by atoms with Gasteiger partial charge >= 0.3 is 0 Å². The van der Waals surface area contributed by atoms with Gasteiger partial charge in [0.1, 0.15) is 0 Å². The summed E-state index contributed by atoms with van der Waals surface area (Å²) in [7, 11) is 0. The summed E-state index contributed by atoms with van der Waals surface area (Å²) in [5, 5.41) is 0.492. The molecular formula is C15H20BrClN2O. The van der Waals surface area contributed by atoms with Crippen molar-refractivity contribution in [1.29, 1.82) is 0 Å². The fourth-order valence-corrected chi connectivity index (χ4v) is 3.37. The molecule has 1 aromatic rings. The summed E-state index contributed by atoms with van der Waals surface area (Å²) in [5.74, 6) is 0.659. The van der Waals surface area contributed by atoms with Crippen LogP contribution >= 0.6 is 27.5 Å². The van der Waals surface area contributed by atoms with Crippen molar-refractivity contribution in [2.75, 3.05) is 13.1 Å². The predicted molar refractivity (Wildman–Crippen MR) is 86.0 cm³/mol. The zero-order valence-corrected chi connectivity index (χ0v) is 14.0. The molecule has 2 N–H and O–H groups in total. The topological polar surface area (TPSA) is 46.3 Å². The molecule has 1 saturated heterocycles. The molecule has 0 radical (unpaired) electrons. The standard InChI is InChI=1S/C15H20BrClN2O/c1-2-10-5-6-19(12(7-10)9-18)15(20)13-8-11(16)3-4-14(13)17/h3-4,8,10,12H,2,5-7,9,18H2,1H3. The Kier molecular flexibility index (Phi) is 5.47. The van der Waals surface area contributed by atoms with Crippen LogP contribution in [-0.2, 0) is 0 Å². The molecule has 1 aromatic carbocycles. The average Bonchev–Trinajstić information content (AvgIpc) is 2.48. The molecule has 1 aliphatic heterocycles. The molecular weight excluding hydrogens is 340 g/mol. The lowest BCUT2D eigenvalue weighted by molar-refractivity contribution is 0.0558. The fraction of sp³-hybridized carbons (Fsp3) is 0.533. The summed E-state index contributed by atoms with van der Waals surface area (Å²) < 4.78 is 0.859. The Labute approximate surface area is 133 Å². The molecule has 1 aliphatic rings. The quantitative estimate of drug-likeness (QED) is 0.894. The lowest BCUT2D eigenvalue weighted by Gasteiger charge is -2.39. The summed E-state index contributed by atoms with van der Waals surface area (Å²) in [6, 6.07) is 5.48. The van der Waals surface area contributed by atoms with Gasteiger partial charge in [0.2, 0.25) is 0 Å². The molecule has 2 unspecified atom stereocenters. The molecule has 0 bridgehead atoms. The molecule has 0 spiro atoms. The largest absolute Gasteiger partial charge is 0.334 e. The predicted octanol–water partition coefficient (Wildman–Crippen LogP) is 3.69. The molecule has 2 rings (SSSR count). The van der Waals surface area contributed by atoms with Gasteiger partial charge in [0, 0.05) is 23.6 Å². The van der Waals surface area contributed by atoms with E-state index in [9.17, 15) is 4.79 Å². The van der Waals surface area contributed by atoms with Crippen LogP contribution in [0, 0.1) is 5.92 Å². The molecule has 2 atom stereocenters. The molecule has 20 heavy (non-hydrogen) atoms. The number of carbonyl (C=O) groups is 1. The first-order valence-electron chi connectivity index (χ1n) is 7.02. The third-order valence-corrected chi connectivity index (χ3v) is 4.92. The number of nitrogens with zero attached hydrogens (tertiary/aromatic N) is 1. The lowest BCUT2D eigenvalue weighted by Crippen LogP contribution is -2.49. The second kappa shape index (κ2) is 6.92. The first-order valence-corrected chi connectivity index (χ1v) is 8.20. The minimum Gasteiger partial charge on any atom is -0.334 e. The van der Waals surface area contributed by atoms with Gasteiger partial charge in [-0.1, -0.05) is 40.9 Å². The third kappa shape index (κ3) is 3.35. The van der Waals surface area contributed by atoms with E-state index in [1.165, 1.54) is 0 Å². The zero-order valence-electron chi connectivity index (χ0n) is 11.6. The third-order valence-electron chi connectivity index (χ3n) is 4.09. The maximum atomic E-state index is 12.7. The molecule has 0 saturated carbocycles. The van der Waals surface area contributed by atoms with E-state index in [2.05, 4.69) is 22.9 Å². The van der Waals surface area contributed by atoms with E-state index >= 15 is 0 Å². The second-order valence-electron chi connectivity index (χ2n) is 5.31. The molecule has 1 heterocycles. The van der Waals surface area contributed by atoms with E-state index in [0.29, 0.717) is 23.0 Å². The first-order chi connectivity index (χ1) is 9.56. The Bertz CT molecular complexity index is 495. The van der Waals surface area contributed by atoms with Crippen LogP contribution < -0.4 is 5.73 Å². The van der Waals surface area contributed by atoms with Crippen LogP contribution in [0.5, 0.6) is 0 Å². The first kappa shape index (κ1) is 15.8. The van der Waals surface area contributed by atoms with E-state index < -0.39 is 0 Å². The molecule has 3 nitrogen and oxygen atoms in total. The van der Waals surface area contributed by atoms with Gasteiger partial charge in [-0.3, -0.25) is 4.79 Å². The van der Waals surface area contributed by atoms with Crippen LogP contribution in [0.1, 0.15) is 36.5 Å². The van der Waals surface area contributed by atoms with Crippen LogP contribution in [0.4, 0.5) is 0 Å². The molecule has 5 heteroatoms. The molecule has 1 amide bonds. The van der Waals surface area contributed by atoms with Gasteiger partial charge in [-0.2, -0.15) is 0 Å². The van der Waals surface area contributed by atoms with Crippen molar-refractivity contribution in [2.45, 2.75) is 32.2 Å². The highest BCUT2D eigenvalue weighted by Gasteiger charge is 2.31. The highest BCUT2D eigenvalue weighted by molar-refractivity contribution is 9.10. The van der Waals surface area contributed by atoms with Crippen LogP contribution in [0.2, 0.25) is 5.02 Å². The summed E-state index contributed by atoms with van der Waals surface area (Å²) in [6.45, 7) is 3.47. The number of piperidine rings is 1. The minimum atomic E-state index is -0.0127. The van der Waals surface area contributed by atoms with Gasteiger partial charge in [-0.25, -0.2) is 0 Å². The number of rotatable bonds is 3. The lowest BCUT2D eigenvalue weighted by atomic mass is 9.88. The van der Waals surface area contributed by atoms with Crippen molar-refractivity contribution >= 4 is 33.4 Å². The Morgan fingerprint density at radius 3 is 2.95 bits per heavy atom. The molecule has 1 fully saturated rings. The van der Waals surface area contributed by atoms with Gasteiger partial charge in [-0.15, -0.1) is 0 Å². The Balaban J connectivity index is 2.21. The van der Waals surface area contributed by atoms with Crippen molar-refractivity contribution in [3.63, 3.8) is 0 Å². The van der Waals surface area contributed by atoms with Crippen molar-refractivity contribution in [3.8, 4) is 0 Å². The molecule has 110 valence electrons. The van der Waals surface area contributed by atoms with Crippen molar-refractivity contribution < 1.29 is 4.79 Å². The number of hydrogen-bond donors (Lipinski definition) is 1. The Morgan fingerprint density at radius 2 is 2.30 bits per heavy atom. The van der Waals surface area contributed by atoms with E-state index in [-0.39, 0.29) is 11.9 Å². The summed E-state index contributed by atoms with van der Waals surface area (Å²) in [4.78, 5) is 14.6. The van der Waals surface area contributed by atoms with Crippen LogP contribution in [0.15, 0.2) is 22.7 Å². The van der Waals surface area contributed by atoms with Gasteiger partial charge in [0.25, 0.3) is 5.91 Å². The smallest absolute Gasteiger partial charge is 0.255 e. The van der Waals surface area contributed by atoms with Gasteiger partial charge in [0.05, 0.1) is 10.6 Å². The van der Waals surface area contributed by atoms with Crippen molar-refractivity contribution in [1.82, 2.24) is 4.90 Å². The number of amides is 1. The van der Waals surface area contributed by atoms with Crippen LogP contribution in [0.3, 0.4) is 0 Å². The highest BCUT2D eigenvalue weighted by atomic mass is 79.9. The second-order valence-corrected chi connectivity index (χ2v) is 6.63. The molecule has 0 aliphatic carbocycles. The van der Waals surface area contributed by atoms with E-state index in [1.807, 2.05) is 11.0 Å². The average molecular weight is 360 g/mol. The van der Waals surface area contributed by atoms with Gasteiger partial charge in [0.15, 0.2) is 0 Å². The van der Waals surface area contributed by atoms with Gasteiger partial charge in [-0.05, 0) is 37.0 Å². The SMILES string of the molecule is CCC1CCN(C(=O)c2cc(Br)ccc2Cl)C(CN)C1. The Hall–Kier alpha value is -0.580. The number of benzene rings is 1. The van der Waals surface area contributed by atoms with E-state index in [4.69, 9.17) is 17.3 Å². The monoisotopic (exact) mass is 358 g/mol. The van der Waals surface area contributed by atoms with Gasteiger partial charge < -0.3 is 10.6 Å². The Morgan fingerprint density at radius 1 is 1.55 bits per heavy atom. The number of likely N-dealkylation sites (tertiary alicyclic amines) is 1. The normalized spacial score (nSPS) is 22.9. The highest BCUT2D eigenvalue weighted by Crippen LogP contribution is 2.29. The van der Waals surface area contributed by atoms with Crippen molar-refractivity contribution in [2.24, 2.45) is 11.7 Å². The fourth-order valence-electron chi connectivity index (χ4n) is 2.81. The maximum Gasteiger partial charge on any atom is 0.255 e. The van der Waals surface area contributed by atoms with Crippen LogP contribution in [0.25, 0.3) is 0 Å².